The molecule has 1 atom stereocenters. The Kier molecular flexibility index (Phi) is 4.19. The zero-order chi connectivity index (χ0) is 12.1. The summed E-state index contributed by atoms with van der Waals surface area (Å²) in [5, 5.41) is 8.84. The number of rotatable bonds is 4. The average Bonchev–Trinajstić information content (AvgIpc) is 2.26. The monoisotopic (exact) mass is 217 g/mol. The molecule has 1 aromatic rings. The fourth-order valence-electron chi connectivity index (χ4n) is 1.80. The minimum atomic E-state index is 0.0388. The lowest BCUT2D eigenvalue weighted by Crippen LogP contribution is -2.28. The van der Waals surface area contributed by atoms with E-state index in [2.05, 4.69) is 17.9 Å². The van der Waals surface area contributed by atoms with Crippen LogP contribution in [-0.2, 0) is 0 Å². The van der Waals surface area contributed by atoms with E-state index in [0.29, 0.717) is 0 Å². The van der Waals surface area contributed by atoms with Gasteiger partial charge in [0.15, 0.2) is 0 Å². The van der Waals surface area contributed by atoms with Gasteiger partial charge in [-0.1, -0.05) is 0 Å². The molecule has 0 bridgehead atoms. The minimum absolute atomic E-state index is 0.0388. The quantitative estimate of drug-likeness (QED) is 0.789. The number of benzene rings is 1. The lowest BCUT2D eigenvalue weighted by Gasteiger charge is -2.26. The maximum atomic E-state index is 8.84. The summed E-state index contributed by atoms with van der Waals surface area (Å²) in [5.74, 6) is 0.0388. The first-order chi connectivity index (χ1) is 7.58. The van der Waals surface area contributed by atoms with Gasteiger partial charge in [-0.15, -0.1) is 0 Å². The van der Waals surface area contributed by atoms with Crippen LogP contribution < -0.4 is 10.6 Å². The summed E-state index contributed by atoms with van der Waals surface area (Å²) in [5.41, 5.74) is 8.83. The molecule has 0 radical (unpaired) electrons. The third-order valence-electron chi connectivity index (χ3n) is 2.66. The molecular formula is C13H19N3. The van der Waals surface area contributed by atoms with Gasteiger partial charge in [0.25, 0.3) is 0 Å². The van der Waals surface area contributed by atoms with Crippen molar-refractivity contribution in [1.82, 2.24) is 0 Å². The lowest BCUT2D eigenvalue weighted by molar-refractivity contribution is 0.685. The number of aryl methyl sites for hydroxylation is 1. The van der Waals surface area contributed by atoms with Crippen LogP contribution >= 0.6 is 0 Å². The van der Waals surface area contributed by atoms with Crippen molar-refractivity contribution in [2.45, 2.75) is 20.8 Å². The first-order valence-electron chi connectivity index (χ1n) is 5.59. The summed E-state index contributed by atoms with van der Waals surface area (Å²) in [6.45, 7) is 7.75. The molecule has 0 saturated carbocycles. The highest BCUT2D eigenvalue weighted by molar-refractivity contribution is 5.59. The molecule has 16 heavy (non-hydrogen) atoms. The predicted molar refractivity (Wildman–Crippen MR) is 68.3 cm³/mol. The number of nitriles is 1. The molecule has 1 rings (SSSR count). The lowest BCUT2D eigenvalue weighted by atomic mass is 10.1. The molecule has 1 unspecified atom stereocenters. The molecular weight excluding hydrogens is 198 g/mol. The first kappa shape index (κ1) is 12.4. The smallest absolute Gasteiger partial charge is 0.0671 e. The van der Waals surface area contributed by atoms with E-state index in [4.69, 9.17) is 11.0 Å². The molecule has 0 aliphatic heterocycles. The Hall–Kier alpha value is -1.69. The summed E-state index contributed by atoms with van der Waals surface area (Å²) in [6, 6.07) is 8.16. The Labute approximate surface area is 97.5 Å². The molecule has 1 aromatic carbocycles. The second-order valence-electron chi connectivity index (χ2n) is 4.11. The molecule has 2 N–H and O–H groups in total. The molecule has 0 saturated heterocycles. The summed E-state index contributed by atoms with van der Waals surface area (Å²) < 4.78 is 0. The van der Waals surface area contributed by atoms with E-state index >= 15 is 0 Å². The van der Waals surface area contributed by atoms with E-state index < -0.39 is 0 Å². The van der Waals surface area contributed by atoms with Crippen LogP contribution in [0.5, 0.6) is 0 Å². The Bertz CT molecular complexity index is 393. The molecule has 0 fully saturated rings. The van der Waals surface area contributed by atoms with E-state index in [9.17, 15) is 0 Å². The van der Waals surface area contributed by atoms with Gasteiger partial charge in [0.1, 0.15) is 0 Å². The van der Waals surface area contributed by atoms with Crippen molar-refractivity contribution in [2.24, 2.45) is 5.92 Å². The van der Waals surface area contributed by atoms with E-state index in [0.717, 1.165) is 24.3 Å². The van der Waals surface area contributed by atoms with Gasteiger partial charge >= 0.3 is 0 Å². The fraction of sp³-hybridized carbons (Fsp3) is 0.462. The Balaban J connectivity index is 2.91. The third kappa shape index (κ3) is 2.90. The van der Waals surface area contributed by atoms with Crippen molar-refractivity contribution < 1.29 is 0 Å². The average molecular weight is 217 g/mol. The fourth-order valence-corrected chi connectivity index (χ4v) is 1.80. The molecule has 0 amide bonds. The number of nitrogens with zero attached hydrogens (tertiary/aromatic N) is 2. The first-order valence-corrected chi connectivity index (χ1v) is 5.59. The van der Waals surface area contributed by atoms with Gasteiger partial charge in [0.2, 0.25) is 0 Å². The van der Waals surface area contributed by atoms with Crippen molar-refractivity contribution >= 4 is 11.4 Å². The van der Waals surface area contributed by atoms with Crippen LogP contribution in [0, 0.1) is 24.2 Å². The van der Waals surface area contributed by atoms with E-state index in [1.54, 1.807) is 0 Å². The largest absolute Gasteiger partial charge is 0.399 e. The second-order valence-corrected chi connectivity index (χ2v) is 4.11. The number of hydrogen-bond donors (Lipinski definition) is 1. The number of nitrogens with two attached hydrogens (primary N) is 1. The summed E-state index contributed by atoms with van der Waals surface area (Å²) >= 11 is 0. The highest BCUT2D eigenvalue weighted by atomic mass is 15.1. The van der Waals surface area contributed by atoms with Crippen molar-refractivity contribution in [2.75, 3.05) is 23.7 Å². The Morgan fingerprint density at radius 3 is 2.69 bits per heavy atom. The van der Waals surface area contributed by atoms with Crippen molar-refractivity contribution in [3.8, 4) is 6.07 Å². The Morgan fingerprint density at radius 2 is 2.19 bits per heavy atom. The van der Waals surface area contributed by atoms with Crippen LogP contribution in [0.2, 0.25) is 0 Å². The van der Waals surface area contributed by atoms with Gasteiger partial charge in [-0.25, -0.2) is 0 Å². The van der Waals surface area contributed by atoms with Crippen LogP contribution in [0.1, 0.15) is 19.4 Å². The molecule has 3 nitrogen and oxygen atoms in total. The van der Waals surface area contributed by atoms with Crippen molar-refractivity contribution in [1.29, 1.82) is 5.26 Å². The number of nitrogen functional groups attached to an aromatic ring is 1. The predicted octanol–water partition coefficient (Wildman–Crippen LogP) is 2.56. The highest BCUT2D eigenvalue weighted by Gasteiger charge is 2.10. The second kappa shape index (κ2) is 5.41. The molecule has 0 aromatic heterocycles. The van der Waals surface area contributed by atoms with Gasteiger partial charge in [-0.3, -0.25) is 0 Å². The third-order valence-corrected chi connectivity index (χ3v) is 2.66. The minimum Gasteiger partial charge on any atom is -0.399 e. The Morgan fingerprint density at radius 1 is 1.50 bits per heavy atom. The van der Waals surface area contributed by atoms with Crippen LogP contribution in [0.25, 0.3) is 0 Å². The zero-order valence-electron chi connectivity index (χ0n) is 10.2. The van der Waals surface area contributed by atoms with Gasteiger partial charge in [0.05, 0.1) is 12.0 Å². The maximum absolute atomic E-state index is 8.84. The van der Waals surface area contributed by atoms with Crippen LogP contribution in [0.4, 0.5) is 11.4 Å². The summed E-state index contributed by atoms with van der Waals surface area (Å²) in [4.78, 5) is 2.21. The SMILES string of the molecule is CCN(CC(C)C#N)c1ccc(N)cc1C. The van der Waals surface area contributed by atoms with E-state index in [1.165, 1.54) is 5.69 Å². The number of anilines is 2. The van der Waals surface area contributed by atoms with Gasteiger partial charge in [0, 0.05) is 24.5 Å². The maximum Gasteiger partial charge on any atom is 0.0671 e. The zero-order valence-corrected chi connectivity index (χ0v) is 10.2. The molecule has 0 aliphatic rings. The standard InChI is InChI=1S/C13H19N3/c1-4-16(9-10(2)8-14)13-6-5-12(15)7-11(13)3/h5-7,10H,4,9,15H2,1-3H3. The molecule has 0 aliphatic carbocycles. The molecule has 3 heteroatoms. The summed E-state index contributed by atoms with van der Waals surface area (Å²) in [6.07, 6.45) is 0. The molecule has 0 heterocycles. The van der Waals surface area contributed by atoms with E-state index in [-0.39, 0.29) is 5.92 Å². The van der Waals surface area contributed by atoms with Crippen LogP contribution in [0.15, 0.2) is 18.2 Å². The number of hydrogen-bond acceptors (Lipinski definition) is 3. The normalized spacial score (nSPS) is 11.9. The van der Waals surface area contributed by atoms with Gasteiger partial charge < -0.3 is 10.6 Å². The molecule has 0 spiro atoms. The van der Waals surface area contributed by atoms with Crippen molar-refractivity contribution in [3.05, 3.63) is 23.8 Å². The topological polar surface area (TPSA) is 53.0 Å². The summed E-state index contributed by atoms with van der Waals surface area (Å²) in [7, 11) is 0. The van der Waals surface area contributed by atoms with Crippen LogP contribution in [0.3, 0.4) is 0 Å². The van der Waals surface area contributed by atoms with Gasteiger partial charge in [-0.2, -0.15) is 5.26 Å². The molecule has 86 valence electrons. The van der Waals surface area contributed by atoms with Crippen molar-refractivity contribution in [3.63, 3.8) is 0 Å². The highest BCUT2D eigenvalue weighted by Crippen LogP contribution is 2.22. The van der Waals surface area contributed by atoms with Gasteiger partial charge in [-0.05, 0) is 44.5 Å². The van der Waals surface area contributed by atoms with E-state index in [1.807, 2.05) is 32.0 Å². The van der Waals surface area contributed by atoms with Crippen LogP contribution in [-0.4, -0.2) is 13.1 Å².